The number of aryl methyl sites for hydroxylation is 1. The van der Waals surface area contributed by atoms with Crippen molar-refractivity contribution in [1.29, 1.82) is 0 Å². The Bertz CT molecular complexity index is 511. The zero-order chi connectivity index (χ0) is 16.0. The molecule has 5 nitrogen and oxygen atoms in total. The lowest BCUT2D eigenvalue weighted by Crippen LogP contribution is -2.35. The quantitative estimate of drug-likeness (QED) is 0.801. The maximum Gasteiger partial charge on any atom is 0.287 e. The van der Waals surface area contributed by atoms with Crippen LogP contribution in [0.4, 0.5) is 5.69 Å². The molecule has 0 fully saturated rings. The van der Waals surface area contributed by atoms with Gasteiger partial charge in [-0.15, -0.1) is 0 Å². The summed E-state index contributed by atoms with van der Waals surface area (Å²) in [6, 6.07) is 0. The maximum atomic E-state index is 12.1. The van der Waals surface area contributed by atoms with Gasteiger partial charge in [0, 0.05) is 19.6 Å². The minimum atomic E-state index is -0.222. The lowest BCUT2D eigenvalue weighted by molar-refractivity contribution is 0.254. The molecule has 0 saturated heterocycles. The van der Waals surface area contributed by atoms with Crippen LogP contribution in [0.25, 0.3) is 0 Å². The molecule has 1 aromatic rings. The fourth-order valence-corrected chi connectivity index (χ4v) is 2.52. The Labute approximate surface area is 132 Å². The molecule has 6 heteroatoms. The number of halogens is 1. The molecule has 120 valence electrons. The summed E-state index contributed by atoms with van der Waals surface area (Å²) in [5.41, 5.74) is 0.464. The summed E-state index contributed by atoms with van der Waals surface area (Å²) in [7, 11) is 4.09. The van der Waals surface area contributed by atoms with Crippen LogP contribution in [0.3, 0.4) is 0 Å². The van der Waals surface area contributed by atoms with Crippen molar-refractivity contribution >= 4 is 17.3 Å². The minimum absolute atomic E-state index is 0.0733. The predicted octanol–water partition coefficient (Wildman–Crippen LogP) is 2.70. The highest BCUT2D eigenvalue weighted by Crippen LogP contribution is 2.20. The van der Waals surface area contributed by atoms with Crippen LogP contribution in [0.1, 0.15) is 33.6 Å². The van der Waals surface area contributed by atoms with E-state index in [1.54, 1.807) is 6.20 Å². The van der Waals surface area contributed by atoms with Crippen LogP contribution in [-0.4, -0.2) is 41.9 Å². The number of nitrogens with one attached hydrogen (secondary N) is 1. The third kappa shape index (κ3) is 5.67. The van der Waals surface area contributed by atoms with E-state index in [-0.39, 0.29) is 16.0 Å². The fraction of sp³-hybridized carbons (Fsp3) is 0.733. The Hall–Kier alpha value is -1.07. The molecule has 1 rings (SSSR count). The maximum absolute atomic E-state index is 12.1. The third-order valence-electron chi connectivity index (χ3n) is 3.21. The van der Waals surface area contributed by atoms with Crippen molar-refractivity contribution < 1.29 is 0 Å². The molecule has 0 aromatic carbocycles. The summed E-state index contributed by atoms with van der Waals surface area (Å²) in [6.45, 7) is 8.70. The molecule has 0 unspecified atom stereocenters. The average molecular weight is 315 g/mol. The topological polar surface area (TPSA) is 50.2 Å². The second-order valence-electron chi connectivity index (χ2n) is 6.51. The highest BCUT2D eigenvalue weighted by atomic mass is 35.5. The lowest BCUT2D eigenvalue weighted by atomic mass is 9.93. The van der Waals surface area contributed by atoms with E-state index >= 15 is 0 Å². The minimum Gasteiger partial charge on any atom is -0.382 e. The van der Waals surface area contributed by atoms with Gasteiger partial charge >= 0.3 is 0 Å². The van der Waals surface area contributed by atoms with Gasteiger partial charge in [-0.25, -0.2) is 4.68 Å². The van der Waals surface area contributed by atoms with Crippen LogP contribution in [0.5, 0.6) is 0 Å². The Morgan fingerprint density at radius 1 is 1.43 bits per heavy atom. The number of aromatic nitrogens is 2. The number of anilines is 1. The first-order valence-corrected chi connectivity index (χ1v) is 7.79. The van der Waals surface area contributed by atoms with E-state index in [1.807, 2.05) is 14.1 Å². The Balaban J connectivity index is 2.77. The van der Waals surface area contributed by atoms with Crippen LogP contribution in [0.15, 0.2) is 11.0 Å². The Kier molecular flexibility index (Phi) is 6.68. The highest BCUT2D eigenvalue weighted by Gasteiger charge is 2.19. The number of rotatable bonds is 8. The smallest absolute Gasteiger partial charge is 0.287 e. The Morgan fingerprint density at radius 2 is 2.10 bits per heavy atom. The summed E-state index contributed by atoms with van der Waals surface area (Å²) in [4.78, 5) is 14.3. The molecule has 1 N–H and O–H groups in total. The SMILES string of the molecule is CCCCn1ncc(NCC(C)(C)CN(C)C)c(Cl)c1=O. The van der Waals surface area contributed by atoms with E-state index < -0.39 is 0 Å². The van der Waals surface area contributed by atoms with Crippen LogP contribution in [-0.2, 0) is 6.54 Å². The second kappa shape index (κ2) is 7.80. The van der Waals surface area contributed by atoms with Crippen LogP contribution >= 0.6 is 11.6 Å². The average Bonchev–Trinajstić information content (AvgIpc) is 2.38. The first-order chi connectivity index (χ1) is 9.76. The molecule has 0 radical (unpaired) electrons. The van der Waals surface area contributed by atoms with Gasteiger partial charge in [-0.05, 0) is 25.9 Å². The molecule has 0 spiro atoms. The van der Waals surface area contributed by atoms with E-state index in [9.17, 15) is 4.79 Å². The monoisotopic (exact) mass is 314 g/mol. The molecule has 21 heavy (non-hydrogen) atoms. The van der Waals surface area contributed by atoms with E-state index in [4.69, 9.17) is 11.6 Å². The van der Waals surface area contributed by atoms with E-state index in [1.165, 1.54) is 4.68 Å². The highest BCUT2D eigenvalue weighted by molar-refractivity contribution is 6.32. The summed E-state index contributed by atoms with van der Waals surface area (Å²) < 4.78 is 1.43. The van der Waals surface area contributed by atoms with Crippen molar-refractivity contribution in [2.24, 2.45) is 5.41 Å². The molecular formula is C15H27ClN4O. The summed E-state index contributed by atoms with van der Waals surface area (Å²) in [5.74, 6) is 0. The number of nitrogens with zero attached hydrogens (tertiary/aromatic N) is 3. The van der Waals surface area contributed by atoms with Gasteiger partial charge in [0.15, 0.2) is 0 Å². The van der Waals surface area contributed by atoms with Gasteiger partial charge in [0.2, 0.25) is 0 Å². The van der Waals surface area contributed by atoms with Gasteiger partial charge in [-0.3, -0.25) is 4.79 Å². The molecule has 1 aromatic heterocycles. The number of hydrogen-bond donors (Lipinski definition) is 1. The first kappa shape index (κ1) is 18.0. The van der Waals surface area contributed by atoms with Crippen molar-refractivity contribution in [3.63, 3.8) is 0 Å². The predicted molar refractivity (Wildman–Crippen MR) is 89.2 cm³/mol. The van der Waals surface area contributed by atoms with Crippen LogP contribution in [0.2, 0.25) is 5.02 Å². The van der Waals surface area contributed by atoms with Gasteiger partial charge in [-0.1, -0.05) is 38.8 Å². The van der Waals surface area contributed by atoms with E-state index in [0.29, 0.717) is 12.2 Å². The lowest BCUT2D eigenvalue weighted by Gasteiger charge is -2.29. The zero-order valence-electron chi connectivity index (χ0n) is 13.7. The number of hydrogen-bond acceptors (Lipinski definition) is 4. The summed E-state index contributed by atoms with van der Waals surface area (Å²) >= 11 is 6.17. The summed E-state index contributed by atoms with van der Waals surface area (Å²) in [6.07, 6.45) is 3.58. The van der Waals surface area contributed by atoms with Crippen molar-refractivity contribution in [2.45, 2.75) is 40.2 Å². The van der Waals surface area contributed by atoms with Crippen LogP contribution in [0, 0.1) is 5.41 Å². The Morgan fingerprint density at radius 3 is 2.67 bits per heavy atom. The van der Waals surface area contributed by atoms with Crippen molar-refractivity contribution in [3.8, 4) is 0 Å². The molecule has 0 saturated carbocycles. The molecule has 0 aliphatic heterocycles. The second-order valence-corrected chi connectivity index (χ2v) is 6.89. The molecule has 0 atom stereocenters. The molecule has 0 bridgehead atoms. The van der Waals surface area contributed by atoms with Crippen molar-refractivity contribution in [1.82, 2.24) is 14.7 Å². The van der Waals surface area contributed by atoms with E-state index in [0.717, 1.165) is 25.9 Å². The largest absolute Gasteiger partial charge is 0.382 e. The van der Waals surface area contributed by atoms with Gasteiger partial charge in [0.05, 0.1) is 11.9 Å². The van der Waals surface area contributed by atoms with E-state index in [2.05, 4.69) is 36.1 Å². The standard InChI is InChI=1S/C15H27ClN4O/c1-6-7-8-20-14(21)13(16)12(9-18-20)17-10-15(2,3)11-19(4)5/h9,17H,6-8,10-11H2,1-5H3. The van der Waals surface area contributed by atoms with Crippen LogP contribution < -0.4 is 10.9 Å². The molecule has 1 heterocycles. The first-order valence-electron chi connectivity index (χ1n) is 7.41. The molecular weight excluding hydrogens is 288 g/mol. The normalized spacial score (nSPS) is 12.0. The molecule has 0 amide bonds. The van der Waals surface area contributed by atoms with Gasteiger partial charge in [0.25, 0.3) is 5.56 Å². The molecule has 0 aliphatic carbocycles. The zero-order valence-corrected chi connectivity index (χ0v) is 14.5. The fourth-order valence-electron chi connectivity index (χ4n) is 2.30. The molecule has 0 aliphatic rings. The third-order valence-corrected chi connectivity index (χ3v) is 3.58. The van der Waals surface area contributed by atoms with Gasteiger partial charge in [0.1, 0.15) is 5.02 Å². The number of unbranched alkanes of at least 4 members (excludes halogenated alkanes) is 1. The van der Waals surface area contributed by atoms with Crippen molar-refractivity contribution in [2.75, 3.05) is 32.5 Å². The van der Waals surface area contributed by atoms with Gasteiger partial charge in [-0.2, -0.15) is 5.10 Å². The summed E-state index contributed by atoms with van der Waals surface area (Å²) in [5, 5.41) is 7.66. The van der Waals surface area contributed by atoms with Crippen molar-refractivity contribution in [3.05, 3.63) is 21.6 Å². The van der Waals surface area contributed by atoms with Gasteiger partial charge < -0.3 is 10.2 Å².